The summed E-state index contributed by atoms with van der Waals surface area (Å²) in [4.78, 5) is 20.8. The summed E-state index contributed by atoms with van der Waals surface area (Å²) in [6.45, 7) is 2.08. The Morgan fingerprint density at radius 1 is 1.46 bits per heavy atom. The first-order chi connectivity index (χ1) is 11.6. The lowest BCUT2D eigenvalue weighted by Crippen LogP contribution is -2.42. The minimum Gasteiger partial charge on any atom is -0.481 e. The molecule has 0 radical (unpaired) electrons. The van der Waals surface area contributed by atoms with Gasteiger partial charge in [0.15, 0.2) is 0 Å². The third-order valence-electron chi connectivity index (χ3n) is 4.50. The van der Waals surface area contributed by atoms with Gasteiger partial charge in [-0.05, 0) is 31.2 Å². The van der Waals surface area contributed by atoms with Gasteiger partial charge in [0.1, 0.15) is 12.4 Å². The van der Waals surface area contributed by atoms with Crippen LogP contribution in [0.1, 0.15) is 30.3 Å². The number of hydrogen-bond donors (Lipinski definition) is 2. The molecule has 1 aliphatic rings. The molecule has 2 aromatic heterocycles. The number of hydrogen-bond acceptors (Lipinski definition) is 5. The predicted octanol–water partition coefficient (Wildman–Crippen LogP) is 1.22. The van der Waals surface area contributed by atoms with Crippen molar-refractivity contribution in [2.24, 2.45) is 5.92 Å². The molecule has 0 bridgehead atoms. The molecule has 1 saturated carbocycles. The van der Waals surface area contributed by atoms with E-state index in [1.807, 2.05) is 13.0 Å². The molecule has 0 spiro atoms. The molecule has 24 heavy (non-hydrogen) atoms. The van der Waals surface area contributed by atoms with Crippen molar-refractivity contribution in [2.45, 2.75) is 38.5 Å². The second-order valence-electron chi connectivity index (χ2n) is 6.17. The highest BCUT2D eigenvalue weighted by molar-refractivity contribution is 5.76. The second-order valence-corrected chi connectivity index (χ2v) is 6.17. The molecule has 1 atom stereocenters. The molecule has 128 valence electrons. The third kappa shape index (κ3) is 3.56. The van der Waals surface area contributed by atoms with Gasteiger partial charge in [-0.2, -0.15) is 0 Å². The standard InChI is InChI=1S/C17H22N4O3/c1-11-18-5-6-21(11)10-15(23)20-17(13-7-14(22)8-13)12-3-4-16(24-2)19-9-12/h3-6,9,13-14,17,22H,7-8,10H2,1-2H3,(H,20,23)/t13?,14?,17-/m0/s1. The molecule has 2 heterocycles. The van der Waals surface area contributed by atoms with Crippen molar-refractivity contribution < 1.29 is 14.6 Å². The Morgan fingerprint density at radius 2 is 2.25 bits per heavy atom. The Balaban J connectivity index is 1.72. The summed E-state index contributed by atoms with van der Waals surface area (Å²) in [5.74, 6) is 1.46. The van der Waals surface area contributed by atoms with Crippen LogP contribution in [0.4, 0.5) is 0 Å². The summed E-state index contributed by atoms with van der Waals surface area (Å²) in [5, 5.41) is 12.7. The molecule has 7 heteroatoms. The van der Waals surface area contributed by atoms with Crippen LogP contribution < -0.4 is 10.1 Å². The molecular weight excluding hydrogens is 308 g/mol. The Hall–Kier alpha value is -2.41. The fourth-order valence-corrected chi connectivity index (χ4v) is 3.02. The monoisotopic (exact) mass is 330 g/mol. The molecular formula is C17H22N4O3. The molecule has 7 nitrogen and oxygen atoms in total. The van der Waals surface area contributed by atoms with Crippen molar-refractivity contribution in [3.8, 4) is 5.88 Å². The highest BCUT2D eigenvalue weighted by Gasteiger charge is 2.35. The fourth-order valence-electron chi connectivity index (χ4n) is 3.02. The summed E-state index contributed by atoms with van der Waals surface area (Å²) in [6.07, 6.45) is 6.26. The summed E-state index contributed by atoms with van der Waals surface area (Å²) in [6, 6.07) is 3.52. The molecule has 2 aromatic rings. The van der Waals surface area contributed by atoms with Crippen LogP contribution in [0.25, 0.3) is 0 Å². The van der Waals surface area contributed by atoms with Gasteiger partial charge in [-0.15, -0.1) is 0 Å². The molecule has 2 N–H and O–H groups in total. The number of aliphatic hydroxyl groups is 1. The minimum atomic E-state index is -0.281. The molecule has 1 amide bonds. The lowest BCUT2D eigenvalue weighted by atomic mass is 9.75. The van der Waals surface area contributed by atoms with Crippen molar-refractivity contribution in [3.63, 3.8) is 0 Å². The van der Waals surface area contributed by atoms with Crippen LogP contribution in [0.15, 0.2) is 30.7 Å². The number of amides is 1. The van der Waals surface area contributed by atoms with Crippen molar-refractivity contribution >= 4 is 5.91 Å². The number of pyridine rings is 1. The van der Waals surface area contributed by atoms with Gasteiger partial charge in [-0.1, -0.05) is 6.07 Å². The number of ether oxygens (including phenoxy) is 1. The summed E-state index contributed by atoms with van der Waals surface area (Å²) < 4.78 is 6.88. The van der Waals surface area contributed by atoms with Crippen molar-refractivity contribution in [1.82, 2.24) is 19.9 Å². The lowest BCUT2D eigenvalue weighted by Gasteiger charge is -2.38. The van der Waals surface area contributed by atoms with E-state index in [1.165, 1.54) is 0 Å². The first kappa shape index (κ1) is 16.4. The minimum absolute atomic E-state index is 0.0849. The van der Waals surface area contributed by atoms with E-state index in [-0.39, 0.29) is 30.5 Å². The summed E-state index contributed by atoms with van der Waals surface area (Å²) in [5.41, 5.74) is 0.920. The van der Waals surface area contributed by atoms with Gasteiger partial charge in [-0.25, -0.2) is 9.97 Å². The van der Waals surface area contributed by atoms with Gasteiger partial charge in [0.2, 0.25) is 11.8 Å². The number of aliphatic hydroxyl groups excluding tert-OH is 1. The maximum absolute atomic E-state index is 12.4. The molecule has 0 aliphatic heterocycles. The first-order valence-electron chi connectivity index (χ1n) is 8.02. The Morgan fingerprint density at radius 3 is 2.79 bits per heavy atom. The summed E-state index contributed by atoms with van der Waals surface area (Å²) in [7, 11) is 1.57. The SMILES string of the molecule is COc1ccc([C@H](NC(=O)Cn2ccnc2C)C2CC(O)C2)cn1. The largest absolute Gasteiger partial charge is 0.481 e. The highest BCUT2D eigenvalue weighted by Crippen LogP contribution is 2.38. The first-order valence-corrected chi connectivity index (χ1v) is 8.02. The van der Waals surface area contributed by atoms with E-state index in [1.54, 1.807) is 36.3 Å². The van der Waals surface area contributed by atoms with E-state index in [4.69, 9.17) is 4.74 Å². The van der Waals surface area contributed by atoms with Crippen molar-refractivity contribution in [2.75, 3.05) is 7.11 Å². The molecule has 0 aromatic carbocycles. The van der Waals surface area contributed by atoms with Crippen LogP contribution in [0, 0.1) is 12.8 Å². The van der Waals surface area contributed by atoms with Gasteiger partial charge in [0, 0.05) is 24.7 Å². The summed E-state index contributed by atoms with van der Waals surface area (Å²) >= 11 is 0. The molecule has 0 unspecified atom stereocenters. The van der Waals surface area contributed by atoms with Crippen LogP contribution in [-0.4, -0.2) is 38.8 Å². The number of methoxy groups -OCH3 is 1. The van der Waals surface area contributed by atoms with Crippen molar-refractivity contribution in [1.29, 1.82) is 0 Å². The number of nitrogens with zero attached hydrogens (tertiary/aromatic N) is 3. The Labute approximate surface area is 140 Å². The van der Waals surface area contributed by atoms with Gasteiger partial charge < -0.3 is 19.7 Å². The Bertz CT molecular complexity index is 692. The van der Waals surface area contributed by atoms with Crippen LogP contribution in [0.3, 0.4) is 0 Å². The quantitative estimate of drug-likeness (QED) is 0.831. The van der Waals surface area contributed by atoms with Gasteiger partial charge >= 0.3 is 0 Å². The van der Waals surface area contributed by atoms with Crippen LogP contribution in [0.2, 0.25) is 0 Å². The average molecular weight is 330 g/mol. The number of rotatable bonds is 6. The number of aryl methyl sites for hydroxylation is 1. The average Bonchev–Trinajstić information content (AvgIpc) is 2.95. The van der Waals surface area contributed by atoms with E-state index in [0.717, 1.165) is 11.4 Å². The van der Waals surface area contributed by atoms with Crippen molar-refractivity contribution in [3.05, 3.63) is 42.1 Å². The lowest BCUT2D eigenvalue weighted by molar-refractivity contribution is -0.123. The predicted molar refractivity (Wildman–Crippen MR) is 87.4 cm³/mol. The molecule has 3 rings (SSSR count). The second kappa shape index (κ2) is 7.00. The van der Waals surface area contributed by atoms with Crippen LogP contribution >= 0.6 is 0 Å². The maximum Gasteiger partial charge on any atom is 0.240 e. The number of carbonyl (C=O) groups is 1. The number of nitrogens with one attached hydrogen (secondary N) is 1. The Kier molecular flexibility index (Phi) is 4.80. The fraction of sp³-hybridized carbons (Fsp3) is 0.471. The van der Waals surface area contributed by atoms with E-state index in [2.05, 4.69) is 15.3 Å². The van der Waals surface area contributed by atoms with Gasteiger partial charge in [0.05, 0.1) is 19.3 Å². The molecule has 0 saturated heterocycles. The normalized spacial score (nSPS) is 21.0. The highest BCUT2D eigenvalue weighted by atomic mass is 16.5. The maximum atomic E-state index is 12.4. The molecule has 1 aliphatic carbocycles. The molecule has 1 fully saturated rings. The zero-order valence-electron chi connectivity index (χ0n) is 13.8. The van der Waals surface area contributed by atoms with Crippen LogP contribution in [0.5, 0.6) is 5.88 Å². The number of aromatic nitrogens is 3. The van der Waals surface area contributed by atoms with Crippen LogP contribution in [-0.2, 0) is 11.3 Å². The zero-order chi connectivity index (χ0) is 17.1. The smallest absolute Gasteiger partial charge is 0.240 e. The van der Waals surface area contributed by atoms with Gasteiger partial charge in [0.25, 0.3) is 0 Å². The third-order valence-corrected chi connectivity index (χ3v) is 4.50. The van der Waals surface area contributed by atoms with E-state index in [9.17, 15) is 9.90 Å². The number of imidazole rings is 1. The van der Waals surface area contributed by atoms with E-state index < -0.39 is 0 Å². The van der Waals surface area contributed by atoms with E-state index >= 15 is 0 Å². The topological polar surface area (TPSA) is 89.3 Å². The van der Waals surface area contributed by atoms with E-state index in [0.29, 0.717) is 18.7 Å². The number of carbonyl (C=O) groups excluding carboxylic acids is 1. The van der Waals surface area contributed by atoms with Gasteiger partial charge in [-0.3, -0.25) is 4.79 Å². The zero-order valence-corrected chi connectivity index (χ0v) is 13.8.